The molecule has 0 amide bonds. The molecule has 0 saturated heterocycles. The lowest BCUT2D eigenvalue weighted by molar-refractivity contribution is 1.30. The van der Waals surface area contributed by atoms with Crippen molar-refractivity contribution in [2.24, 2.45) is 0 Å². The van der Waals surface area contributed by atoms with Crippen molar-refractivity contribution in [1.29, 1.82) is 0 Å². The number of para-hydroxylation sites is 1. The third-order valence-corrected chi connectivity index (χ3v) is 2.96. The van der Waals surface area contributed by atoms with E-state index in [-0.39, 0.29) is 0 Å². The number of rotatable bonds is 1. The first kappa shape index (κ1) is 16.0. The average Bonchev–Trinajstić information content (AvgIpc) is 2.88. The van der Waals surface area contributed by atoms with Crippen molar-refractivity contribution in [3.05, 3.63) is 60.3 Å². The molecule has 1 aromatic heterocycles. The van der Waals surface area contributed by atoms with E-state index in [0.717, 1.165) is 0 Å². The van der Waals surface area contributed by atoms with Crippen molar-refractivity contribution in [3.8, 4) is 11.1 Å². The standard InChI is InChI=1S/C15H13N.2C2H6/c1-11-15(12-7-3-2-4-8-12)13-9-5-6-10-14(13)16-11;2*1-2/h2-10,16H,1H3;2*1-2H3. The van der Waals surface area contributed by atoms with Crippen LogP contribution in [-0.2, 0) is 0 Å². The molecule has 0 aliphatic carbocycles. The highest BCUT2D eigenvalue weighted by Crippen LogP contribution is 2.31. The van der Waals surface area contributed by atoms with Crippen LogP contribution < -0.4 is 0 Å². The van der Waals surface area contributed by atoms with Gasteiger partial charge in [0.1, 0.15) is 0 Å². The van der Waals surface area contributed by atoms with Gasteiger partial charge in [0, 0.05) is 22.2 Å². The molecule has 0 atom stereocenters. The average molecular weight is 267 g/mol. The Morgan fingerprint density at radius 2 is 1.25 bits per heavy atom. The Balaban J connectivity index is 0.000000461. The van der Waals surface area contributed by atoms with Gasteiger partial charge in [-0.2, -0.15) is 0 Å². The number of nitrogens with one attached hydrogen (secondary N) is 1. The van der Waals surface area contributed by atoms with E-state index in [4.69, 9.17) is 0 Å². The molecule has 0 radical (unpaired) electrons. The summed E-state index contributed by atoms with van der Waals surface area (Å²) in [5.74, 6) is 0. The van der Waals surface area contributed by atoms with E-state index in [9.17, 15) is 0 Å². The first-order valence-corrected chi connectivity index (χ1v) is 7.49. The molecule has 20 heavy (non-hydrogen) atoms. The molecule has 1 nitrogen and oxygen atoms in total. The summed E-state index contributed by atoms with van der Waals surface area (Å²) >= 11 is 0. The maximum absolute atomic E-state index is 3.43. The highest BCUT2D eigenvalue weighted by Gasteiger charge is 2.08. The molecule has 0 fully saturated rings. The summed E-state index contributed by atoms with van der Waals surface area (Å²) in [7, 11) is 0. The van der Waals surface area contributed by atoms with Crippen LogP contribution in [0.5, 0.6) is 0 Å². The smallest absolute Gasteiger partial charge is 0.0462 e. The van der Waals surface area contributed by atoms with Gasteiger partial charge in [0.05, 0.1) is 0 Å². The molecular formula is C19H25N. The second kappa shape index (κ2) is 8.21. The molecule has 0 saturated carbocycles. The molecule has 1 heteroatoms. The van der Waals surface area contributed by atoms with Crippen molar-refractivity contribution < 1.29 is 0 Å². The van der Waals surface area contributed by atoms with E-state index < -0.39 is 0 Å². The highest BCUT2D eigenvalue weighted by molar-refractivity contribution is 5.97. The Hall–Kier alpha value is -2.02. The van der Waals surface area contributed by atoms with Gasteiger partial charge in [-0.25, -0.2) is 0 Å². The molecule has 0 spiro atoms. The Bertz CT molecular complexity index is 621. The SMILES string of the molecule is CC.CC.Cc1[nH]c2ccccc2c1-c1ccccc1. The largest absolute Gasteiger partial charge is 0.358 e. The molecule has 1 N–H and O–H groups in total. The predicted octanol–water partition coefficient (Wildman–Crippen LogP) is 6.20. The number of H-pyrrole nitrogens is 1. The molecule has 0 aliphatic rings. The number of hydrogen-bond donors (Lipinski definition) is 1. The van der Waals surface area contributed by atoms with Crippen LogP contribution in [-0.4, -0.2) is 4.98 Å². The normalized spacial score (nSPS) is 9.25. The zero-order valence-corrected chi connectivity index (χ0v) is 13.2. The lowest BCUT2D eigenvalue weighted by atomic mass is 10.0. The molecule has 1 heterocycles. The third kappa shape index (κ3) is 3.30. The van der Waals surface area contributed by atoms with Crippen LogP contribution in [0.2, 0.25) is 0 Å². The Kier molecular flexibility index (Phi) is 6.58. The summed E-state index contributed by atoms with van der Waals surface area (Å²) in [5.41, 5.74) is 5.03. The minimum Gasteiger partial charge on any atom is -0.358 e. The Morgan fingerprint density at radius 1 is 0.700 bits per heavy atom. The number of aromatic nitrogens is 1. The summed E-state index contributed by atoms with van der Waals surface area (Å²) in [6.45, 7) is 10.1. The van der Waals surface area contributed by atoms with Crippen molar-refractivity contribution in [1.82, 2.24) is 4.98 Å². The van der Waals surface area contributed by atoms with Gasteiger partial charge in [0.15, 0.2) is 0 Å². The number of aryl methyl sites for hydroxylation is 1. The van der Waals surface area contributed by atoms with Crippen LogP contribution in [0.15, 0.2) is 54.6 Å². The van der Waals surface area contributed by atoms with Crippen molar-refractivity contribution in [3.63, 3.8) is 0 Å². The molecular weight excluding hydrogens is 242 g/mol. The lowest BCUT2D eigenvalue weighted by Crippen LogP contribution is -1.78. The number of fused-ring (bicyclic) bond motifs is 1. The van der Waals surface area contributed by atoms with Crippen LogP contribution in [0.3, 0.4) is 0 Å². The second-order valence-electron chi connectivity index (χ2n) is 4.04. The molecule has 0 aliphatic heterocycles. The minimum absolute atomic E-state index is 1.21. The van der Waals surface area contributed by atoms with Gasteiger partial charge in [-0.15, -0.1) is 0 Å². The fourth-order valence-electron chi connectivity index (χ4n) is 2.25. The van der Waals surface area contributed by atoms with Crippen LogP contribution in [0.1, 0.15) is 33.4 Å². The first-order valence-electron chi connectivity index (χ1n) is 7.49. The van der Waals surface area contributed by atoms with Gasteiger partial charge in [0.25, 0.3) is 0 Å². The van der Waals surface area contributed by atoms with E-state index in [2.05, 4.69) is 60.4 Å². The summed E-state index contributed by atoms with van der Waals surface area (Å²) < 4.78 is 0. The monoisotopic (exact) mass is 267 g/mol. The number of hydrogen-bond acceptors (Lipinski definition) is 0. The quantitative estimate of drug-likeness (QED) is 0.540. The zero-order chi connectivity index (χ0) is 15.0. The topological polar surface area (TPSA) is 15.8 Å². The molecule has 0 bridgehead atoms. The van der Waals surface area contributed by atoms with E-state index in [1.807, 2.05) is 33.8 Å². The highest BCUT2D eigenvalue weighted by atomic mass is 14.7. The summed E-state index contributed by atoms with van der Waals surface area (Å²) in [5, 5.41) is 1.30. The van der Waals surface area contributed by atoms with E-state index in [0.29, 0.717) is 0 Å². The predicted molar refractivity (Wildman–Crippen MR) is 91.2 cm³/mol. The molecule has 3 rings (SSSR count). The maximum Gasteiger partial charge on any atom is 0.0462 e. The fourth-order valence-corrected chi connectivity index (χ4v) is 2.25. The van der Waals surface area contributed by atoms with Crippen molar-refractivity contribution in [2.75, 3.05) is 0 Å². The Labute approximate surface area is 122 Å². The van der Waals surface area contributed by atoms with Gasteiger partial charge in [-0.05, 0) is 18.6 Å². The third-order valence-electron chi connectivity index (χ3n) is 2.96. The van der Waals surface area contributed by atoms with Crippen LogP contribution in [0.4, 0.5) is 0 Å². The van der Waals surface area contributed by atoms with Gasteiger partial charge < -0.3 is 4.98 Å². The lowest BCUT2D eigenvalue weighted by Gasteiger charge is -2.00. The van der Waals surface area contributed by atoms with E-state index >= 15 is 0 Å². The summed E-state index contributed by atoms with van der Waals surface area (Å²) in [6.07, 6.45) is 0. The molecule has 106 valence electrons. The van der Waals surface area contributed by atoms with Crippen molar-refractivity contribution >= 4 is 10.9 Å². The second-order valence-corrected chi connectivity index (χ2v) is 4.04. The van der Waals surface area contributed by atoms with Gasteiger partial charge in [0.2, 0.25) is 0 Å². The van der Waals surface area contributed by atoms with Gasteiger partial charge >= 0.3 is 0 Å². The number of aromatic amines is 1. The Morgan fingerprint density at radius 3 is 1.90 bits per heavy atom. The van der Waals surface area contributed by atoms with E-state index in [1.54, 1.807) is 0 Å². The fraction of sp³-hybridized carbons (Fsp3) is 0.263. The summed E-state index contributed by atoms with van der Waals surface area (Å²) in [6, 6.07) is 19.0. The number of benzene rings is 2. The van der Waals surface area contributed by atoms with Crippen molar-refractivity contribution in [2.45, 2.75) is 34.6 Å². The summed E-state index contributed by atoms with van der Waals surface area (Å²) in [4.78, 5) is 3.43. The molecule has 2 aromatic carbocycles. The van der Waals surface area contributed by atoms with Gasteiger partial charge in [-0.1, -0.05) is 76.2 Å². The van der Waals surface area contributed by atoms with Crippen LogP contribution >= 0.6 is 0 Å². The van der Waals surface area contributed by atoms with Crippen LogP contribution in [0, 0.1) is 6.92 Å². The zero-order valence-electron chi connectivity index (χ0n) is 13.2. The van der Waals surface area contributed by atoms with E-state index in [1.165, 1.54) is 27.7 Å². The molecule has 0 unspecified atom stereocenters. The maximum atomic E-state index is 3.43. The first-order chi connectivity index (χ1) is 9.86. The minimum atomic E-state index is 1.21. The molecule has 3 aromatic rings. The van der Waals surface area contributed by atoms with Crippen LogP contribution in [0.25, 0.3) is 22.0 Å². The van der Waals surface area contributed by atoms with Gasteiger partial charge in [-0.3, -0.25) is 0 Å².